The quantitative estimate of drug-likeness (QED) is 0.770. The number of rotatable bonds is 1. The van der Waals surface area contributed by atoms with E-state index in [9.17, 15) is 9.90 Å². The summed E-state index contributed by atoms with van der Waals surface area (Å²) < 4.78 is 0. The van der Waals surface area contributed by atoms with E-state index in [0.717, 1.165) is 5.56 Å². The molecule has 0 amide bonds. The molecule has 80 valence electrons. The zero-order chi connectivity index (χ0) is 11.0. The molecular formula is C11H11ClO3. The summed E-state index contributed by atoms with van der Waals surface area (Å²) >= 11 is 5.81. The molecule has 3 nitrogen and oxygen atoms in total. The minimum atomic E-state index is -0.951. The SMILES string of the molecule is O=C(O)C1CCc2ccc(Cl)cc2C1O. The van der Waals surface area contributed by atoms with Crippen molar-refractivity contribution in [3.8, 4) is 0 Å². The number of aliphatic hydroxyl groups excluding tert-OH is 1. The van der Waals surface area contributed by atoms with E-state index in [1.54, 1.807) is 12.1 Å². The molecule has 1 aliphatic carbocycles. The lowest BCUT2D eigenvalue weighted by Crippen LogP contribution is -2.27. The molecule has 4 heteroatoms. The summed E-state index contributed by atoms with van der Waals surface area (Å²) in [4.78, 5) is 10.9. The first-order valence-electron chi connectivity index (χ1n) is 4.79. The molecule has 1 aromatic carbocycles. The number of benzene rings is 1. The Bertz CT molecular complexity index is 403. The smallest absolute Gasteiger partial charge is 0.309 e. The van der Waals surface area contributed by atoms with Crippen LogP contribution in [0.3, 0.4) is 0 Å². The minimum absolute atomic E-state index is 0.477. The largest absolute Gasteiger partial charge is 0.481 e. The molecule has 0 heterocycles. The Labute approximate surface area is 92.3 Å². The lowest BCUT2D eigenvalue weighted by atomic mass is 9.81. The lowest BCUT2D eigenvalue weighted by Gasteiger charge is -2.27. The van der Waals surface area contributed by atoms with Crippen molar-refractivity contribution >= 4 is 17.6 Å². The molecule has 2 rings (SSSR count). The van der Waals surface area contributed by atoms with Gasteiger partial charge in [-0.05, 0) is 36.1 Å². The molecule has 2 unspecified atom stereocenters. The molecule has 0 spiro atoms. The van der Waals surface area contributed by atoms with E-state index >= 15 is 0 Å². The highest BCUT2D eigenvalue weighted by molar-refractivity contribution is 6.30. The Morgan fingerprint density at radius 1 is 1.47 bits per heavy atom. The zero-order valence-corrected chi connectivity index (χ0v) is 8.74. The molecule has 1 aromatic rings. The molecular weight excluding hydrogens is 216 g/mol. The third-order valence-corrected chi connectivity index (χ3v) is 3.08. The summed E-state index contributed by atoms with van der Waals surface area (Å²) in [6.07, 6.45) is 0.219. The Balaban J connectivity index is 2.40. The van der Waals surface area contributed by atoms with Crippen molar-refractivity contribution in [2.75, 3.05) is 0 Å². The second-order valence-corrected chi connectivity index (χ2v) is 4.21. The van der Waals surface area contributed by atoms with E-state index in [4.69, 9.17) is 16.7 Å². The van der Waals surface area contributed by atoms with Crippen molar-refractivity contribution in [3.05, 3.63) is 34.3 Å². The van der Waals surface area contributed by atoms with Gasteiger partial charge in [-0.15, -0.1) is 0 Å². The Morgan fingerprint density at radius 2 is 2.20 bits per heavy atom. The topological polar surface area (TPSA) is 57.5 Å². The predicted molar refractivity (Wildman–Crippen MR) is 55.9 cm³/mol. The standard InChI is InChI=1S/C11H11ClO3/c12-7-3-1-6-2-4-8(11(14)15)10(13)9(6)5-7/h1,3,5,8,10,13H,2,4H2,(H,14,15). The number of hydrogen-bond donors (Lipinski definition) is 2. The number of carboxylic acid groups (broad SMARTS) is 1. The molecule has 0 saturated heterocycles. The van der Waals surface area contributed by atoms with Crippen LogP contribution >= 0.6 is 11.6 Å². The highest BCUT2D eigenvalue weighted by atomic mass is 35.5. The number of fused-ring (bicyclic) bond motifs is 1. The third kappa shape index (κ3) is 1.85. The fourth-order valence-corrected chi connectivity index (χ4v) is 2.19. The van der Waals surface area contributed by atoms with Crippen molar-refractivity contribution in [1.29, 1.82) is 0 Å². The van der Waals surface area contributed by atoms with Gasteiger partial charge in [-0.1, -0.05) is 17.7 Å². The molecule has 0 bridgehead atoms. The van der Waals surface area contributed by atoms with Crippen LogP contribution in [0.2, 0.25) is 5.02 Å². The number of halogens is 1. The van der Waals surface area contributed by atoms with Gasteiger partial charge >= 0.3 is 5.97 Å². The van der Waals surface area contributed by atoms with Crippen LogP contribution in [-0.4, -0.2) is 16.2 Å². The monoisotopic (exact) mass is 226 g/mol. The number of hydrogen-bond acceptors (Lipinski definition) is 2. The van der Waals surface area contributed by atoms with E-state index in [0.29, 0.717) is 23.4 Å². The van der Waals surface area contributed by atoms with Gasteiger partial charge < -0.3 is 10.2 Å². The molecule has 0 fully saturated rings. The predicted octanol–water partition coefficient (Wildman–Crippen LogP) is 2.02. The number of carbonyl (C=O) groups is 1. The number of aliphatic hydroxyl groups is 1. The fourth-order valence-electron chi connectivity index (χ4n) is 2.01. The van der Waals surface area contributed by atoms with Gasteiger partial charge in [0, 0.05) is 5.02 Å². The van der Waals surface area contributed by atoms with Crippen LogP contribution in [0.25, 0.3) is 0 Å². The Morgan fingerprint density at radius 3 is 2.87 bits per heavy atom. The molecule has 0 aliphatic heterocycles. The van der Waals surface area contributed by atoms with Crippen LogP contribution < -0.4 is 0 Å². The van der Waals surface area contributed by atoms with E-state index in [1.165, 1.54) is 0 Å². The van der Waals surface area contributed by atoms with Gasteiger partial charge in [-0.3, -0.25) is 4.79 Å². The van der Waals surface area contributed by atoms with Gasteiger partial charge in [0.05, 0.1) is 12.0 Å². The van der Waals surface area contributed by atoms with Gasteiger partial charge in [-0.2, -0.15) is 0 Å². The van der Waals surface area contributed by atoms with Gasteiger partial charge in [0.2, 0.25) is 0 Å². The summed E-state index contributed by atoms with van der Waals surface area (Å²) in [5.74, 6) is -1.66. The second kappa shape index (κ2) is 3.83. The number of aliphatic carboxylic acids is 1. The van der Waals surface area contributed by atoms with Crippen molar-refractivity contribution in [3.63, 3.8) is 0 Å². The summed E-state index contributed by atoms with van der Waals surface area (Å²) in [6, 6.07) is 5.25. The molecule has 2 N–H and O–H groups in total. The van der Waals surface area contributed by atoms with Crippen LogP contribution in [0.1, 0.15) is 23.7 Å². The highest BCUT2D eigenvalue weighted by Gasteiger charge is 2.32. The maximum absolute atomic E-state index is 10.9. The number of carboxylic acids is 1. The van der Waals surface area contributed by atoms with Gasteiger partial charge in [0.1, 0.15) is 0 Å². The Kier molecular flexibility index (Phi) is 2.67. The summed E-state index contributed by atoms with van der Waals surface area (Å²) in [6.45, 7) is 0. The van der Waals surface area contributed by atoms with Crippen molar-refractivity contribution in [2.45, 2.75) is 18.9 Å². The van der Waals surface area contributed by atoms with Crippen LogP contribution in [-0.2, 0) is 11.2 Å². The molecule has 15 heavy (non-hydrogen) atoms. The first-order valence-corrected chi connectivity index (χ1v) is 5.16. The summed E-state index contributed by atoms with van der Waals surface area (Å²) in [5.41, 5.74) is 1.64. The normalized spacial score (nSPS) is 24.7. The van der Waals surface area contributed by atoms with E-state index in [2.05, 4.69) is 0 Å². The van der Waals surface area contributed by atoms with Gasteiger partial charge in [0.25, 0.3) is 0 Å². The second-order valence-electron chi connectivity index (χ2n) is 3.77. The van der Waals surface area contributed by atoms with Crippen LogP contribution in [0.5, 0.6) is 0 Å². The first-order chi connectivity index (χ1) is 7.09. The fraction of sp³-hybridized carbons (Fsp3) is 0.364. The molecule has 0 aromatic heterocycles. The maximum Gasteiger partial charge on any atom is 0.309 e. The third-order valence-electron chi connectivity index (χ3n) is 2.85. The average molecular weight is 227 g/mol. The van der Waals surface area contributed by atoms with Gasteiger partial charge in [0.15, 0.2) is 0 Å². The van der Waals surface area contributed by atoms with E-state index in [1.807, 2.05) is 6.07 Å². The van der Waals surface area contributed by atoms with Crippen LogP contribution in [0.4, 0.5) is 0 Å². The summed E-state index contributed by atoms with van der Waals surface area (Å²) in [7, 11) is 0. The Hall–Kier alpha value is -1.06. The van der Waals surface area contributed by atoms with Crippen molar-refractivity contribution in [2.24, 2.45) is 5.92 Å². The minimum Gasteiger partial charge on any atom is -0.481 e. The lowest BCUT2D eigenvalue weighted by molar-refractivity contribution is -0.146. The molecule has 0 saturated carbocycles. The molecule has 1 aliphatic rings. The van der Waals surface area contributed by atoms with E-state index in [-0.39, 0.29) is 0 Å². The van der Waals surface area contributed by atoms with Gasteiger partial charge in [-0.25, -0.2) is 0 Å². The number of aryl methyl sites for hydroxylation is 1. The maximum atomic E-state index is 10.9. The molecule has 0 radical (unpaired) electrons. The summed E-state index contributed by atoms with van der Waals surface area (Å²) in [5, 5.41) is 19.3. The van der Waals surface area contributed by atoms with Crippen molar-refractivity contribution in [1.82, 2.24) is 0 Å². The zero-order valence-electron chi connectivity index (χ0n) is 7.98. The highest BCUT2D eigenvalue weighted by Crippen LogP contribution is 2.35. The first kappa shape index (κ1) is 10.5. The average Bonchev–Trinajstić information content (AvgIpc) is 2.19. The van der Waals surface area contributed by atoms with E-state index < -0.39 is 18.0 Å². The van der Waals surface area contributed by atoms with Crippen LogP contribution in [0, 0.1) is 5.92 Å². The van der Waals surface area contributed by atoms with Crippen molar-refractivity contribution < 1.29 is 15.0 Å². The van der Waals surface area contributed by atoms with Crippen LogP contribution in [0.15, 0.2) is 18.2 Å². The molecule has 2 atom stereocenters.